The van der Waals surface area contributed by atoms with Crippen LogP contribution >= 0.6 is 11.6 Å². The molecule has 196 valence electrons. The molecule has 1 amide bonds. The lowest BCUT2D eigenvalue weighted by atomic mass is 10.0. The molecule has 2 saturated heterocycles. The molecule has 3 heterocycles. The Balaban J connectivity index is 1.15. The molecule has 9 nitrogen and oxygen atoms in total. The molecule has 2 fully saturated rings. The van der Waals surface area contributed by atoms with Gasteiger partial charge in [0.25, 0.3) is 0 Å². The number of ether oxygens (including phenoxy) is 4. The minimum absolute atomic E-state index is 0.204. The molecule has 0 radical (unpaired) electrons. The van der Waals surface area contributed by atoms with E-state index in [4.69, 9.17) is 30.5 Å². The average molecular weight is 527 g/mol. The lowest BCUT2D eigenvalue weighted by molar-refractivity contribution is -0.313. The molecular formula is C27H31ClN4O5. The highest BCUT2D eigenvalue weighted by atomic mass is 35.5. The molecule has 2 aliphatic rings. The summed E-state index contributed by atoms with van der Waals surface area (Å²) in [4.78, 5) is 19.8. The van der Waals surface area contributed by atoms with Crippen molar-refractivity contribution in [2.45, 2.75) is 25.0 Å². The molecule has 5 rings (SSSR count). The fraction of sp³-hybridized carbons (Fsp3) is 0.407. The van der Waals surface area contributed by atoms with E-state index in [0.29, 0.717) is 44.5 Å². The van der Waals surface area contributed by atoms with E-state index < -0.39 is 5.79 Å². The third-order valence-corrected chi connectivity index (χ3v) is 7.07. The van der Waals surface area contributed by atoms with Crippen molar-refractivity contribution in [3.63, 3.8) is 0 Å². The van der Waals surface area contributed by atoms with E-state index in [-0.39, 0.29) is 12.2 Å². The van der Waals surface area contributed by atoms with Crippen LogP contribution in [-0.4, -0.2) is 73.2 Å². The number of rotatable bonds is 7. The van der Waals surface area contributed by atoms with Crippen LogP contribution in [0.25, 0.3) is 0 Å². The minimum Gasteiger partial charge on any atom is -0.453 e. The van der Waals surface area contributed by atoms with Crippen LogP contribution in [0, 0.1) is 0 Å². The summed E-state index contributed by atoms with van der Waals surface area (Å²) in [5.74, 6) is -1.02. The number of nitrogens with zero attached hydrogens (tertiary/aromatic N) is 4. The van der Waals surface area contributed by atoms with Crippen LogP contribution in [0.4, 0.5) is 10.5 Å². The molecule has 0 unspecified atom stereocenters. The molecule has 37 heavy (non-hydrogen) atoms. The van der Waals surface area contributed by atoms with Crippen molar-refractivity contribution < 1.29 is 23.7 Å². The first-order valence-corrected chi connectivity index (χ1v) is 12.7. The molecule has 0 atom stereocenters. The van der Waals surface area contributed by atoms with Gasteiger partial charge >= 0.3 is 6.09 Å². The van der Waals surface area contributed by atoms with E-state index in [1.54, 1.807) is 17.4 Å². The first kappa shape index (κ1) is 25.5. The molecule has 1 aromatic heterocycles. The highest BCUT2D eigenvalue weighted by Gasteiger charge is 2.41. The van der Waals surface area contributed by atoms with Gasteiger partial charge in [-0.1, -0.05) is 41.9 Å². The lowest BCUT2D eigenvalue weighted by Crippen LogP contribution is -2.48. The molecule has 0 saturated carbocycles. The molecule has 0 N–H and O–H groups in total. The van der Waals surface area contributed by atoms with Crippen molar-refractivity contribution in [3.05, 3.63) is 83.4 Å². The van der Waals surface area contributed by atoms with Crippen LogP contribution in [0.5, 0.6) is 0 Å². The monoisotopic (exact) mass is 526 g/mol. The number of carbonyl (C=O) groups excluding carboxylic acids is 1. The number of aromatic nitrogens is 2. The summed E-state index contributed by atoms with van der Waals surface area (Å²) >= 11 is 6.52. The predicted molar refractivity (Wildman–Crippen MR) is 138 cm³/mol. The quantitative estimate of drug-likeness (QED) is 0.462. The van der Waals surface area contributed by atoms with Crippen molar-refractivity contribution in [2.24, 2.45) is 0 Å². The second-order valence-electron chi connectivity index (χ2n) is 9.13. The summed E-state index contributed by atoms with van der Waals surface area (Å²) in [5, 5.41) is 0.591. The van der Waals surface area contributed by atoms with Gasteiger partial charge in [0.15, 0.2) is 0 Å². The molecule has 10 heteroatoms. The number of amides is 1. The lowest BCUT2D eigenvalue weighted by Gasteiger charge is -2.40. The van der Waals surface area contributed by atoms with Crippen LogP contribution in [0.1, 0.15) is 11.1 Å². The number of anilines is 1. The van der Waals surface area contributed by atoms with Crippen molar-refractivity contribution in [3.8, 4) is 0 Å². The number of halogens is 1. The maximum atomic E-state index is 11.7. The first-order valence-electron chi connectivity index (χ1n) is 12.3. The predicted octanol–water partition coefficient (Wildman–Crippen LogP) is 3.91. The normalized spacial score (nSPS) is 22.2. The van der Waals surface area contributed by atoms with Gasteiger partial charge in [-0.2, -0.15) is 0 Å². The first-order chi connectivity index (χ1) is 18.1. The number of hydrogen-bond acceptors (Lipinski definition) is 7. The van der Waals surface area contributed by atoms with Gasteiger partial charge in [0.2, 0.25) is 5.79 Å². The number of benzene rings is 2. The van der Waals surface area contributed by atoms with Crippen LogP contribution < -0.4 is 4.90 Å². The van der Waals surface area contributed by atoms with Gasteiger partial charge in [0.05, 0.1) is 39.8 Å². The summed E-state index contributed by atoms with van der Waals surface area (Å²) < 4.78 is 25.5. The fourth-order valence-corrected chi connectivity index (χ4v) is 4.94. The van der Waals surface area contributed by atoms with Crippen molar-refractivity contribution in [2.75, 3.05) is 51.4 Å². The van der Waals surface area contributed by atoms with Gasteiger partial charge in [-0.3, -0.25) is 0 Å². The van der Waals surface area contributed by atoms with E-state index in [1.165, 1.54) is 7.11 Å². The third kappa shape index (κ3) is 5.91. The maximum absolute atomic E-state index is 11.7. The van der Waals surface area contributed by atoms with Gasteiger partial charge < -0.3 is 33.3 Å². The van der Waals surface area contributed by atoms with E-state index in [2.05, 4.69) is 34.1 Å². The second kappa shape index (κ2) is 11.5. The summed E-state index contributed by atoms with van der Waals surface area (Å²) in [6.07, 6.45) is 4.86. The van der Waals surface area contributed by atoms with E-state index in [1.807, 2.05) is 35.0 Å². The molecule has 2 aromatic carbocycles. The average Bonchev–Trinajstić information content (AvgIpc) is 3.46. The Labute approximate surface area is 221 Å². The third-order valence-electron chi connectivity index (χ3n) is 6.74. The topological polar surface area (TPSA) is 78.3 Å². The smallest absolute Gasteiger partial charge is 0.409 e. The Hall–Kier alpha value is -3.11. The van der Waals surface area contributed by atoms with E-state index >= 15 is 0 Å². The van der Waals surface area contributed by atoms with Crippen LogP contribution in [-0.2, 0) is 37.9 Å². The number of imidazole rings is 1. The van der Waals surface area contributed by atoms with Gasteiger partial charge in [-0.25, -0.2) is 9.78 Å². The Kier molecular flexibility index (Phi) is 7.95. The zero-order valence-corrected chi connectivity index (χ0v) is 21.5. The molecule has 0 aliphatic carbocycles. The molecule has 0 spiro atoms. The highest BCUT2D eigenvalue weighted by Crippen LogP contribution is 2.37. The van der Waals surface area contributed by atoms with E-state index in [0.717, 1.165) is 29.9 Å². The fourth-order valence-electron chi connectivity index (χ4n) is 4.66. The largest absolute Gasteiger partial charge is 0.453 e. The molecule has 3 aromatic rings. The van der Waals surface area contributed by atoms with Gasteiger partial charge in [-0.05, 0) is 23.8 Å². The summed E-state index contributed by atoms with van der Waals surface area (Å²) in [7, 11) is 1.41. The number of hydrogen-bond donors (Lipinski definition) is 0. The zero-order chi connectivity index (χ0) is 25.7. The molecular weight excluding hydrogens is 496 g/mol. The number of piperazine rings is 1. The number of methoxy groups -OCH3 is 1. The summed E-state index contributed by atoms with van der Waals surface area (Å²) in [6, 6.07) is 15.9. The molecule has 0 bridgehead atoms. The van der Waals surface area contributed by atoms with Gasteiger partial charge in [-0.15, -0.1) is 0 Å². The Bertz CT molecular complexity index is 1160. The van der Waals surface area contributed by atoms with Crippen LogP contribution in [0.3, 0.4) is 0 Å². The van der Waals surface area contributed by atoms with Gasteiger partial charge in [0, 0.05) is 54.8 Å². The minimum atomic E-state index is -1.02. The molecule has 2 aliphatic heterocycles. The Morgan fingerprint density at radius 3 is 2.46 bits per heavy atom. The standard InChI is InChI=1S/C27H31ClN4O5/c1-34-26(33)32-14-12-31(13-15-32)22-8-6-21(7-9-22)16-35-23-17-36-27(37-18-23,19-30-11-10-29-20-30)24-4-2-3-5-25(24)28/h2-11,20,23H,12-19H2,1H3. The van der Waals surface area contributed by atoms with Crippen molar-refractivity contribution in [1.29, 1.82) is 0 Å². The maximum Gasteiger partial charge on any atom is 0.409 e. The summed E-state index contributed by atoms with van der Waals surface area (Å²) in [5.41, 5.74) is 2.98. The SMILES string of the molecule is COC(=O)N1CCN(c2ccc(COC3COC(Cn4ccnc4)(c4ccccc4Cl)OC3)cc2)CC1. The van der Waals surface area contributed by atoms with Crippen LogP contribution in [0.2, 0.25) is 5.02 Å². The Morgan fingerprint density at radius 2 is 1.81 bits per heavy atom. The van der Waals surface area contributed by atoms with Crippen LogP contribution in [0.15, 0.2) is 67.3 Å². The van der Waals surface area contributed by atoms with Crippen molar-refractivity contribution in [1.82, 2.24) is 14.5 Å². The van der Waals surface area contributed by atoms with Crippen molar-refractivity contribution >= 4 is 23.4 Å². The van der Waals surface area contributed by atoms with E-state index in [9.17, 15) is 4.79 Å². The second-order valence-corrected chi connectivity index (χ2v) is 9.54. The summed E-state index contributed by atoms with van der Waals surface area (Å²) in [6.45, 7) is 4.48. The van der Waals surface area contributed by atoms with Gasteiger partial charge in [0.1, 0.15) is 6.10 Å². The Morgan fingerprint density at radius 1 is 1.08 bits per heavy atom. The zero-order valence-electron chi connectivity index (χ0n) is 20.8. The highest BCUT2D eigenvalue weighted by molar-refractivity contribution is 6.31. The number of carbonyl (C=O) groups is 1.